The summed E-state index contributed by atoms with van der Waals surface area (Å²) < 4.78 is 3.82. The van der Waals surface area contributed by atoms with Crippen molar-refractivity contribution in [2.24, 2.45) is 0 Å². The Labute approximate surface area is 90.3 Å². The van der Waals surface area contributed by atoms with E-state index in [0.717, 1.165) is 29.9 Å². The van der Waals surface area contributed by atoms with Gasteiger partial charge in [-0.05, 0) is 13.0 Å². The van der Waals surface area contributed by atoms with Gasteiger partial charge < -0.3 is 10.6 Å². The van der Waals surface area contributed by atoms with Gasteiger partial charge >= 0.3 is 0 Å². The smallest absolute Gasteiger partial charge is 0.224 e. The molecule has 2 aromatic rings. The Kier molecular flexibility index (Phi) is 2.18. The summed E-state index contributed by atoms with van der Waals surface area (Å²) in [5, 5.41) is 10.5. The van der Waals surface area contributed by atoms with Crippen molar-refractivity contribution < 1.29 is 0 Å². The van der Waals surface area contributed by atoms with Gasteiger partial charge in [0, 0.05) is 24.1 Å². The van der Waals surface area contributed by atoms with Crippen LogP contribution in [0.2, 0.25) is 0 Å². The Hall–Kier alpha value is -1.34. The average Bonchev–Trinajstić information content (AvgIpc) is 2.87. The van der Waals surface area contributed by atoms with E-state index in [2.05, 4.69) is 30.2 Å². The van der Waals surface area contributed by atoms with Crippen LogP contribution in [0.25, 0.3) is 10.3 Å². The second kappa shape index (κ2) is 3.67. The molecular formula is C8H10N6S. The predicted octanol–water partition coefficient (Wildman–Crippen LogP) is 0.255. The Morgan fingerprint density at radius 2 is 2.53 bits per heavy atom. The lowest BCUT2D eigenvalue weighted by Crippen LogP contribution is -2.23. The van der Waals surface area contributed by atoms with E-state index >= 15 is 0 Å². The van der Waals surface area contributed by atoms with Crippen LogP contribution in [0.4, 0.5) is 5.95 Å². The van der Waals surface area contributed by atoms with Crippen LogP contribution in [0.3, 0.4) is 0 Å². The summed E-state index contributed by atoms with van der Waals surface area (Å²) in [7, 11) is 0. The number of rotatable bonds is 2. The summed E-state index contributed by atoms with van der Waals surface area (Å²) in [4.78, 5) is 9.37. The summed E-state index contributed by atoms with van der Waals surface area (Å²) in [6, 6.07) is 0.434. The highest BCUT2D eigenvalue weighted by molar-refractivity contribution is 7.12. The monoisotopic (exact) mass is 222 g/mol. The minimum Gasteiger partial charge on any atom is -0.350 e. The molecule has 0 radical (unpaired) electrons. The molecule has 2 N–H and O–H groups in total. The van der Waals surface area contributed by atoms with Gasteiger partial charge in [0.15, 0.2) is 4.83 Å². The van der Waals surface area contributed by atoms with E-state index in [1.165, 1.54) is 11.5 Å². The Morgan fingerprint density at radius 1 is 1.53 bits per heavy atom. The first-order valence-electron chi connectivity index (χ1n) is 4.84. The van der Waals surface area contributed by atoms with Crippen molar-refractivity contribution in [1.82, 2.24) is 24.9 Å². The van der Waals surface area contributed by atoms with Gasteiger partial charge in [-0.2, -0.15) is 4.98 Å². The normalized spacial score (nSPS) is 20.9. The molecule has 3 rings (SSSR count). The highest BCUT2D eigenvalue weighted by Gasteiger charge is 2.15. The van der Waals surface area contributed by atoms with Gasteiger partial charge in [0.2, 0.25) is 5.95 Å². The molecule has 1 aliphatic heterocycles. The van der Waals surface area contributed by atoms with E-state index in [9.17, 15) is 0 Å². The Balaban J connectivity index is 1.84. The summed E-state index contributed by atoms with van der Waals surface area (Å²) >= 11 is 1.29. The van der Waals surface area contributed by atoms with E-state index in [-0.39, 0.29) is 0 Å². The molecule has 3 heterocycles. The maximum absolute atomic E-state index is 4.34. The molecule has 1 atom stereocenters. The largest absolute Gasteiger partial charge is 0.350 e. The number of hydrogen-bond donors (Lipinski definition) is 2. The van der Waals surface area contributed by atoms with Gasteiger partial charge in [-0.1, -0.05) is 4.49 Å². The zero-order chi connectivity index (χ0) is 10.1. The molecule has 0 saturated carbocycles. The predicted molar refractivity (Wildman–Crippen MR) is 57.9 cm³/mol. The van der Waals surface area contributed by atoms with Gasteiger partial charge in [0.1, 0.15) is 5.52 Å². The summed E-state index contributed by atoms with van der Waals surface area (Å²) in [6.07, 6.45) is 2.82. The van der Waals surface area contributed by atoms with E-state index in [4.69, 9.17) is 0 Å². The third kappa shape index (κ3) is 1.75. The van der Waals surface area contributed by atoms with E-state index in [0.29, 0.717) is 12.0 Å². The molecule has 0 aliphatic carbocycles. The van der Waals surface area contributed by atoms with Crippen LogP contribution in [0.1, 0.15) is 6.42 Å². The van der Waals surface area contributed by atoms with Gasteiger partial charge in [-0.15, -0.1) is 5.10 Å². The topological polar surface area (TPSA) is 75.6 Å². The van der Waals surface area contributed by atoms with Crippen molar-refractivity contribution in [2.45, 2.75) is 12.5 Å². The van der Waals surface area contributed by atoms with Crippen molar-refractivity contribution in [3.05, 3.63) is 6.20 Å². The molecule has 7 heteroatoms. The van der Waals surface area contributed by atoms with Gasteiger partial charge in [-0.3, -0.25) is 0 Å². The highest BCUT2D eigenvalue weighted by atomic mass is 32.1. The molecule has 78 valence electrons. The average molecular weight is 222 g/mol. The highest BCUT2D eigenvalue weighted by Crippen LogP contribution is 2.14. The number of nitrogens with zero attached hydrogens (tertiary/aromatic N) is 4. The van der Waals surface area contributed by atoms with Crippen molar-refractivity contribution in [3.8, 4) is 0 Å². The molecule has 15 heavy (non-hydrogen) atoms. The van der Waals surface area contributed by atoms with Crippen molar-refractivity contribution in [3.63, 3.8) is 0 Å². The second-order valence-electron chi connectivity index (χ2n) is 3.49. The molecular weight excluding hydrogens is 212 g/mol. The van der Waals surface area contributed by atoms with Gasteiger partial charge in [0.25, 0.3) is 0 Å². The third-order valence-corrected chi connectivity index (χ3v) is 3.04. The maximum atomic E-state index is 4.34. The molecule has 1 saturated heterocycles. The first-order valence-corrected chi connectivity index (χ1v) is 5.61. The number of aromatic nitrogens is 4. The van der Waals surface area contributed by atoms with Gasteiger partial charge in [-0.25, -0.2) is 4.98 Å². The lowest BCUT2D eigenvalue weighted by molar-refractivity contribution is 0.782. The van der Waals surface area contributed by atoms with E-state index < -0.39 is 0 Å². The van der Waals surface area contributed by atoms with Crippen molar-refractivity contribution >= 4 is 27.8 Å². The zero-order valence-electron chi connectivity index (χ0n) is 7.97. The van der Waals surface area contributed by atoms with Gasteiger partial charge in [0.05, 0.1) is 6.20 Å². The first-order chi connectivity index (χ1) is 7.42. The molecule has 1 unspecified atom stereocenters. The van der Waals surface area contributed by atoms with E-state index in [1.54, 1.807) is 6.20 Å². The maximum Gasteiger partial charge on any atom is 0.224 e. The van der Waals surface area contributed by atoms with E-state index in [1.807, 2.05) is 0 Å². The van der Waals surface area contributed by atoms with Crippen LogP contribution >= 0.6 is 11.5 Å². The summed E-state index contributed by atoms with van der Waals surface area (Å²) in [5.41, 5.74) is 0.759. The van der Waals surface area contributed by atoms with Crippen LogP contribution in [0.15, 0.2) is 6.20 Å². The zero-order valence-corrected chi connectivity index (χ0v) is 8.79. The van der Waals surface area contributed by atoms with Crippen molar-refractivity contribution in [1.29, 1.82) is 0 Å². The standard InChI is InChI=1S/C8H10N6S/c1-2-9-3-5(1)11-8-10-4-6-7(12-8)15-14-13-6/h4-5,9H,1-3H2,(H,10,11,12). The summed E-state index contributed by atoms with van der Waals surface area (Å²) in [6.45, 7) is 2.03. The molecule has 1 fully saturated rings. The van der Waals surface area contributed by atoms with Crippen LogP contribution in [-0.4, -0.2) is 38.7 Å². The summed E-state index contributed by atoms with van der Waals surface area (Å²) in [5.74, 6) is 0.669. The fraction of sp³-hybridized carbons (Fsp3) is 0.500. The third-order valence-electron chi connectivity index (χ3n) is 2.41. The number of hydrogen-bond acceptors (Lipinski definition) is 7. The Morgan fingerprint density at radius 3 is 3.40 bits per heavy atom. The molecule has 0 amide bonds. The molecule has 6 nitrogen and oxygen atoms in total. The quantitative estimate of drug-likeness (QED) is 0.759. The van der Waals surface area contributed by atoms with Crippen molar-refractivity contribution in [2.75, 3.05) is 18.4 Å². The number of nitrogens with one attached hydrogen (secondary N) is 2. The SMILES string of the molecule is c1nc(NC2CCNC2)nc2snnc12. The number of fused-ring (bicyclic) bond motifs is 1. The molecule has 2 aromatic heterocycles. The Bertz CT molecular complexity index is 463. The molecule has 0 aromatic carbocycles. The second-order valence-corrected chi connectivity index (χ2v) is 4.22. The van der Waals surface area contributed by atoms with Crippen LogP contribution < -0.4 is 10.6 Å². The van der Waals surface area contributed by atoms with Crippen LogP contribution in [0.5, 0.6) is 0 Å². The first kappa shape index (κ1) is 8.93. The fourth-order valence-electron chi connectivity index (χ4n) is 1.63. The minimum atomic E-state index is 0.434. The molecule has 0 bridgehead atoms. The molecule has 1 aliphatic rings. The minimum absolute atomic E-state index is 0.434. The lowest BCUT2D eigenvalue weighted by Gasteiger charge is -2.09. The van der Waals surface area contributed by atoms with Crippen LogP contribution in [-0.2, 0) is 0 Å². The lowest BCUT2D eigenvalue weighted by atomic mass is 10.3. The fourth-order valence-corrected chi connectivity index (χ4v) is 2.15. The molecule has 0 spiro atoms. The van der Waals surface area contributed by atoms with Crippen LogP contribution in [0, 0.1) is 0 Å². The number of anilines is 1.